The van der Waals surface area contributed by atoms with Crippen molar-refractivity contribution in [1.82, 2.24) is 0 Å². The largest absolute Gasteiger partial charge is 0.416 e. The Bertz CT molecular complexity index is 637. The van der Waals surface area contributed by atoms with E-state index in [0.717, 1.165) is 30.2 Å². The third-order valence-electron chi connectivity index (χ3n) is 6.41. The number of alkyl halides is 3. The molecule has 2 fully saturated rings. The first-order valence-corrected chi connectivity index (χ1v) is 9.71. The third kappa shape index (κ3) is 4.69. The summed E-state index contributed by atoms with van der Waals surface area (Å²) in [6.45, 7) is 0. The molecule has 1 nitrogen and oxygen atoms in total. The Balaban J connectivity index is 1.49. The van der Waals surface area contributed by atoms with Gasteiger partial charge in [-0.05, 0) is 92.7 Å². The maximum atomic E-state index is 12.7. The van der Waals surface area contributed by atoms with Crippen LogP contribution in [0.3, 0.4) is 0 Å². The van der Waals surface area contributed by atoms with Gasteiger partial charge < -0.3 is 0 Å². The van der Waals surface area contributed by atoms with Crippen molar-refractivity contribution in [3.8, 4) is 6.07 Å². The second-order valence-corrected chi connectivity index (χ2v) is 7.89. The molecule has 3 rings (SSSR count). The highest BCUT2D eigenvalue weighted by atomic mass is 19.4. The summed E-state index contributed by atoms with van der Waals surface area (Å²) in [5.74, 6) is 2.52. The zero-order valence-electron chi connectivity index (χ0n) is 15.0. The minimum absolute atomic E-state index is 0.406. The summed E-state index contributed by atoms with van der Waals surface area (Å²) in [5.41, 5.74) is 0.499. The summed E-state index contributed by atoms with van der Waals surface area (Å²) in [7, 11) is 0. The fourth-order valence-electron chi connectivity index (χ4n) is 4.86. The van der Waals surface area contributed by atoms with Gasteiger partial charge in [-0.1, -0.05) is 18.2 Å². The molecule has 4 heteroatoms. The van der Waals surface area contributed by atoms with Crippen LogP contribution in [0.2, 0.25) is 0 Å². The first-order valence-electron chi connectivity index (χ1n) is 9.71. The maximum Gasteiger partial charge on any atom is 0.416 e. The monoisotopic (exact) mass is 361 g/mol. The Morgan fingerprint density at radius 3 is 1.88 bits per heavy atom. The molecule has 2 aliphatic rings. The van der Waals surface area contributed by atoms with Gasteiger partial charge in [0.25, 0.3) is 0 Å². The van der Waals surface area contributed by atoms with E-state index in [-0.39, 0.29) is 0 Å². The molecule has 2 saturated carbocycles. The van der Waals surface area contributed by atoms with Gasteiger partial charge in [0.15, 0.2) is 0 Å². The molecule has 0 heterocycles. The lowest BCUT2D eigenvalue weighted by atomic mass is 9.68. The molecule has 140 valence electrons. The first kappa shape index (κ1) is 19.0. The highest BCUT2D eigenvalue weighted by Crippen LogP contribution is 2.44. The smallest absolute Gasteiger partial charge is 0.193 e. The molecule has 0 atom stereocenters. The highest BCUT2D eigenvalue weighted by Gasteiger charge is 2.32. The summed E-state index contributed by atoms with van der Waals surface area (Å²) in [6.07, 6.45) is 8.82. The standard InChI is InChI=1S/C22H26F3N/c23-22(24,25)21-13-11-20(12-14-21)19-9-7-18(8-10-19)17-5-3-16(4-6-17)2-1-15-26/h1-2,11-14,16-19H,3-10H2/t16-,17-,18-,19-. The van der Waals surface area contributed by atoms with Gasteiger partial charge in [-0.15, -0.1) is 0 Å². The number of allylic oxidation sites excluding steroid dienone is 2. The van der Waals surface area contributed by atoms with E-state index in [1.165, 1.54) is 50.7 Å². The van der Waals surface area contributed by atoms with Crippen molar-refractivity contribution in [3.05, 3.63) is 47.5 Å². The van der Waals surface area contributed by atoms with E-state index in [0.29, 0.717) is 11.8 Å². The summed E-state index contributed by atoms with van der Waals surface area (Å²) in [5, 5.41) is 8.63. The molecule has 0 aromatic heterocycles. The van der Waals surface area contributed by atoms with Gasteiger partial charge in [-0.25, -0.2) is 0 Å². The third-order valence-corrected chi connectivity index (χ3v) is 6.41. The first-order chi connectivity index (χ1) is 12.5. The molecule has 1 aromatic carbocycles. The van der Waals surface area contributed by atoms with E-state index in [2.05, 4.69) is 12.1 Å². The van der Waals surface area contributed by atoms with Crippen molar-refractivity contribution < 1.29 is 13.2 Å². The van der Waals surface area contributed by atoms with Gasteiger partial charge in [0.2, 0.25) is 0 Å². The summed E-state index contributed by atoms with van der Waals surface area (Å²) in [6, 6.07) is 7.85. The Labute approximate surface area is 153 Å². The predicted molar refractivity (Wildman–Crippen MR) is 96.3 cm³/mol. The second-order valence-electron chi connectivity index (χ2n) is 7.89. The van der Waals surface area contributed by atoms with Crippen LogP contribution in [0.15, 0.2) is 36.4 Å². The van der Waals surface area contributed by atoms with Crippen LogP contribution < -0.4 is 0 Å². The van der Waals surface area contributed by atoms with E-state index in [1.54, 1.807) is 18.2 Å². The van der Waals surface area contributed by atoms with Gasteiger partial charge in [-0.2, -0.15) is 18.4 Å². The van der Waals surface area contributed by atoms with Crippen LogP contribution in [0.5, 0.6) is 0 Å². The number of rotatable bonds is 3. The van der Waals surface area contributed by atoms with Crippen LogP contribution in [0, 0.1) is 29.1 Å². The van der Waals surface area contributed by atoms with Crippen molar-refractivity contribution in [1.29, 1.82) is 5.26 Å². The minimum atomic E-state index is -4.25. The quantitative estimate of drug-likeness (QED) is 0.539. The molecule has 0 bridgehead atoms. The van der Waals surface area contributed by atoms with E-state index < -0.39 is 11.7 Å². The van der Waals surface area contributed by atoms with Crippen LogP contribution in [-0.2, 0) is 6.18 Å². The van der Waals surface area contributed by atoms with Gasteiger partial charge in [-0.3, -0.25) is 0 Å². The average Bonchev–Trinajstić information content (AvgIpc) is 2.66. The molecule has 0 saturated heterocycles. The van der Waals surface area contributed by atoms with Crippen LogP contribution in [0.25, 0.3) is 0 Å². The molecule has 0 spiro atoms. The van der Waals surface area contributed by atoms with Crippen LogP contribution in [0.4, 0.5) is 13.2 Å². The van der Waals surface area contributed by atoms with E-state index in [4.69, 9.17) is 5.26 Å². The lowest BCUT2D eigenvalue weighted by Gasteiger charge is -2.37. The normalized spacial score (nSPS) is 30.2. The molecule has 26 heavy (non-hydrogen) atoms. The van der Waals surface area contributed by atoms with Gasteiger partial charge >= 0.3 is 6.18 Å². The van der Waals surface area contributed by atoms with E-state index >= 15 is 0 Å². The molecule has 0 N–H and O–H groups in total. The lowest BCUT2D eigenvalue weighted by molar-refractivity contribution is -0.137. The molecule has 0 radical (unpaired) electrons. The predicted octanol–water partition coefficient (Wildman–Crippen LogP) is 6.87. The van der Waals surface area contributed by atoms with E-state index in [9.17, 15) is 13.2 Å². The molecule has 0 amide bonds. The Morgan fingerprint density at radius 2 is 1.38 bits per heavy atom. The van der Waals surface area contributed by atoms with Crippen molar-refractivity contribution in [2.24, 2.45) is 17.8 Å². The Kier molecular flexibility index (Phi) is 6.06. The fourth-order valence-corrected chi connectivity index (χ4v) is 4.86. The van der Waals surface area contributed by atoms with E-state index in [1.807, 2.05) is 0 Å². The topological polar surface area (TPSA) is 23.8 Å². The zero-order chi connectivity index (χ0) is 18.6. The molecular weight excluding hydrogens is 335 g/mol. The highest BCUT2D eigenvalue weighted by molar-refractivity contribution is 5.27. The molecule has 0 aliphatic heterocycles. The van der Waals surface area contributed by atoms with Crippen LogP contribution in [0.1, 0.15) is 68.4 Å². The zero-order valence-corrected chi connectivity index (χ0v) is 15.0. The summed E-state index contributed by atoms with van der Waals surface area (Å²) in [4.78, 5) is 0. The van der Waals surface area contributed by atoms with Crippen molar-refractivity contribution in [2.75, 3.05) is 0 Å². The maximum absolute atomic E-state index is 12.7. The van der Waals surface area contributed by atoms with Crippen LogP contribution in [-0.4, -0.2) is 0 Å². The van der Waals surface area contributed by atoms with Gasteiger partial charge in [0.05, 0.1) is 11.6 Å². The number of hydrogen-bond acceptors (Lipinski definition) is 1. The second kappa shape index (κ2) is 8.29. The molecule has 1 aromatic rings. The minimum Gasteiger partial charge on any atom is -0.193 e. The van der Waals surface area contributed by atoms with Gasteiger partial charge in [0.1, 0.15) is 0 Å². The number of nitriles is 1. The summed E-state index contributed by atoms with van der Waals surface area (Å²) >= 11 is 0. The van der Waals surface area contributed by atoms with Crippen molar-refractivity contribution >= 4 is 0 Å². The van der Waals surface area contributed by atoms with Crippen molar-refractivity contribution in [3.63, 3.8) is 0 Å². The molecule has 2 aliphatic carbocycles. The van der Waals surface area contributed by atoms with Gasteiger partial charge in [0, 0.05) is 6.08 Å². The number of benzene rings is 1. The lowest BCUT2D eigenvalue weighted by Crippen LogP contribution is -2.25. The van der Waals surface area contributed by atoms with Crippen LogP contribution >= 0.6 is 0 Å². The number of halogens is 3. The average molecular weight is 361 g/mol. The molecule has 0 unspecified atom stereocenters. The Hall–Kier alpha value is -1.76. The number of nitrogens with zero attached hydrogens (tertiary/aromatic N) is 1. The van der Waals surface area contributed by atoms with Crippen molar-refractivity contribution in [2.45, 2.75) is 63.5 Å². The molecular formula is C22H26F3N. The number of hydrogen-bond donors (Lipinski definition) is 0. The Morgan fingerprint density at radius 1 is 0.846 bits per heavy atom. The summed E-state index contributed by atoms with van der Waals surface area (Å²) < 4.78 is 38.1. The fraction of sp³-hybridized carbons (Fsp3) is 0.591. The SMILES string of the molecule is N#CC=C[C@H]1CC[C@H]([C@H]2CC[C@H](c3ccc(C(F)(F)F)cc3)CC2)CC1.